The van der Waals surface area contributed by atoms with Crippen molar-refractivity contribution < 1.29 is 9.90 Å². The number of hydrogen-bond donors (Lipinski definition) is 2. The Morgan fingerprint density at radius 3 is 3.05 bits per heavy atom. The Kier molecular flexibility index (Phi) is 4.04. The summed E-state index contributed by atoms with van der Waals surface area (Å²) in [6.07, 6.45) is 2.06. The topological polar surface area (TPSA) is 56.3 Å². The minimum Gasteiger partial charge on any atom is -0.394 e. The summed E-state index contributed by atoms with van der Waals surface area (Å²) in [7, 11) is 0. The molecule has 2 heterocycles. The van der Waals surface area contributed by atoms with Crippen molar-refractivity contribution in [1.29, 1.82) is 0 Å². The number of aromatic amines is 1. The number of amides is 1. The van der Waals surface area contributed by atoms with E-state index in [0.717, 1.165) is 28.2 Å². The third kappa shape index (κ3) is 2.72. The number of fused-ring (bicyclic) bond motifs is 1. The largest absolute Gasteiger partial charge is 0.394 e. The molecule has 0 spiro atoms. The van der Waals surface area contributed by atoms with Gasteiger partial charge in [0.05, 0.1) is 12.6 Å². The van der Waals surface area contributed by atoms with E-state index in [-0.39, 0.29) is 18.6 Å². The highest BCUT2D eigenvalue weighted by molar-refractivity contribution is 9.10. The van der Waals surface area contributed by atoms with Gasteiger partial charge in [0.1, 0.15) is 5.69 Å². The summed E-state index contributed by atoms with van der Waals surface area (Å²) < 4.78 is 0.982. The minimum atomic E-state index is -0.0793. The van der Waals surface area contributed by atoms with Gasteiger partial charge in [-0.25, -0.2) is 0 Å². The van der Waals surface area contributed by atoms with E-state index in [2.05, 4.69) is 27.8 Å². The Morgan fingerprint density at radius 1 is 1.48 bits per heavy atom. The number of aliphatic hydroxyl groups is 1. The molecule has 1 aliphatic rings. The van der Waals surface area contributed by atoms with Crippen LogP contribution in [-0.2, 0) is 0 Å². The fourth-order valence-corrected chi connectivity index (χ4v) is 3.51. The van der Waals surface area contributed by atoms with Gasteiger partial charge in [-0.05, 0) is 37.0 Å². The Balaban J connectivity index is 1.92. The Hall–Kier alpha value is -1.33. The van der Waals surface area contributed by atoms with E-state index in [0.29, 0.717) is 18.2 Å². The molecule has 21 heavy (non-hydrogen) atoms. The maximum Gasteiger partial charge on any atom is 0.270 e. The molecule has 1 aliphatic heterocycles. The van der Waals surface area contributed by atoms with Crippen LogP contribution in [0.2, 0.25) is 0 Å². The molecular weight excluding hydrogens is 332 g/mol. The van der Waals surface area contributed by atoms with Crippen LogP contribution in [0.3, 0.4) is 0 Å². The first-order valence-electron chi connectivity index (χ1n) is 7.30. The second kappa shape index (κ2) is 5.81. The van der Waals surface area contributed by atoms with Gasteiger partial charge in [0.25, 0.3) is 5.91 Å². The zero-order valence-corrected chi connectivity index (χ0v) is 13.6. The molecule has 3 rings (SSSR count). The van der Waals surface area contributed by atoms with Crippen molar-refractivity contribution in [2.24, 2.45) is 5.92 Å². The summed E-state index contributed by atoms with van der Waals surface area (Å²) >= 11 is 3.44. The van der Waals surface area contributed by atoms with Gasteiger partial charge in [-0.3, -0.25) is 4.79 Å². The van der Waals surface area contributed by atoms with Crippen molar-refractivity contribution in [3.63, 3.8) is 0 Å². The second-order valence-corrected chi connectivity index (χ2v) is 6.70. The number of nitrogens with zero attached hydrogens (tertiary/aromatic N) is 1. The molecule has 5 heteroatoms. The number of aliphatic hydroxyl groups excluding tert-OH is 1. The number of H-pyrrole nitrogens is 1. The summed E-state index contributed by atoms with van der Waals surface area (Å²) in [5.41, 5.74) is 1.54. The molecular formula is C16H19BrN2O2. The van der Waals surface area contributed by atoms with Gasteiger partial charge in [-0.1, -0.05) is 28.9 Å². The van der Waals surface area contributed by atoms with Crippen molar-refractivity contribution in [3.8, 4) is 0 Å². The monoisotopic (exact) mass is 350 g/mol. The van der Waals surface area contributed by atoms with E-state index >= 15 is 0 Å². The summed E-state index contributed by atoms with van der Waals surface area (Å²) in [5, 5.41) is 10.6. The fraction of sp³-hybridized carbons (Fsp3) is 0.438. The van der Waals surface area contributed by atoms with Crippen LogP contribution >= 0.6 is 15.9 Å². The Morgan fingerprint density at radius 2 is 2.29 bits per heavy atom. The number of piperidine rings is 1. The molecule has 0 bridgehead atoms. The quantitative estimate of drug-likeness (QED) is 0.873. The summed E-state index contributed by atoms with van der Waals surface area (Å²) in [6.45, 7) is 2.84. The zero-order chi connectivity index (χ0) is 15.0. The number of hydrogen-bond acceptors (Lipinski definition) is 2. The SMILES string of the molecule is C[C@H]1CCCN(C(=O)c2cc3ccc(Br)cc3[nH]2)[C@@H]1CO. The van der Waals surface area contributed by atoms with E-state index in [1.807, 2.05) is 29.2 Å². The van der Waals surface area contributed by atoms with E-state index < -0.39 is 0 Å². The summed E-state index contributed by atoms with van der Waals surface area (Å²) in [4.78, 5) is 17.7. The molecule has 1 fully saturated rings. The third-order valence-electron chi connectivity index (χ3n) is 4.38. The first-order chi connectivity index (χ1) is 10.1. The van der Waals surface area contributed by atoms with Gasteiger partial charge < -0.3 is 15.0 Å². The number of carbonyl (C=O) groups is 1. The molecule has 112 valence electrons. The molecule has 0 radical (unpaired) electrons. The van der Waals surface area contributed by atoms with Crippen LogP contribution in [0.15, 0.2) is 28.7 Å². The van der Waals surface area contributed by atoms with E-state index in [1.54, 1.807) is 0 Å². The van der Waals surface area contributed by atoms with Crippen LogP contribution in [0.1, 0.15) is 30.3 Å². The lowest BCUT2D eigenvalue weighted by Gasteiger charge is -2.38. The number of rotatable bonds is 2. The van der Waals surface area contributed by atoms with Gasteiger partial charge in [-0.2, -0.15) is 0 Å². The number of carbonyl (C=O) groups excluding carboxylic acids is 1. The minimum absolute atomic E-state index is 0.0204. The number of halogens is 1. The molecule has 4 nitrogen and oxygen atoms in total. The highest BCUT2D eigenvalue weighted by atomic mass is 79.9. The first-order valence-corrected chi connectivity index (χ1v) is 8.09. The first kappa shape index (κ1) is 14.6. The van der Waals surface area contributed by atoms with Gasteiger partial charge in [-0.15, -0.1) is 0 Å². The maximum absolute atomic E-state index is 12.7. The molecule has 0 saturated carbocycles. The smallest absolute Gasteiger partial charge is 0.270 e. The molecule has 1 aromatic carbocycles. The molecule has 2 N–H and O–H groups in total. The predicted molar refractivity (Wildman–Crippen MR) is 86.3 cm³/mol. The van der Waals surface area contributed by atoms with Gasteiger partial charge in [0, 0.05) is 21.9 Å². The van der Waals surface area contributed by atoms with Gasteiger partial charge in [0.15, 0.2) is 0 Å². The van der Waals surface area contributed by atoms with Crippen molar-refractivity contribution in [3.05, 3.63) is 34.4 Å². The molecule has 2 aromatic rings. The van der Waals surface area contributed by atoms with Crippen LogP contribution in [0.4, 0.5) is 0 Å². The van der Waals surface area contributed by atoms with Gasteiger partial charge in [0.2, 0.25) is 0 Å². The van der Waals surface area contributed by atoms with E-state index in [4.69, 9.17) is 0 Å². The normalized spacial score (nSPS) is 22.7. The number of likely N-dealkylation sites (tertiary alicyclic amines) is 1. The van der Waals surface area contributed by atoms with Crippen LogP contribution in [0.25, 0.3) is 10.9 Å². The molecule has 0 aliphatic carbocycles. The molecule has 1 saturated heterocycles. The predicted octanol–water partition coefficient (Wildman–Crippen LogP) is 3.16. The second-order valence-electron chi connectivity index (χ2n) is 5.78. The van der Waals surface area contributed by atoms with Crippen LogP contribution < -0.4 is 0 Å². The Labute approximate surface area is 132 Å². The van der Waals surface area contributed by atoms with Gasteiger partial charge >= 0.3 is 0 Å². The summed E-state index contributed by atoms with van der Waals surface area (Å²) in [6, 6.07) is 7.72. The number of benzene rings is 1. The Bertz CT molecular complexity index is 667. The highest BCUT2D eigenvalue weighted by Crippen LogP contribution is 2.26. The van der Waals surface area contributed by atoms with Crippen LogP contribution in [0.5, 0.6) is 0 Å². The lowest BCUT2D eigenvalue weighted by atomic mass is 9.91. The van der Waals surface area contributed by atoms with E-state index in [1.165, 1.54) is 0 Å². The maximum atomic E-state index is 12.7. The average Bonchev–Trinajstić information content (AvgIpc) is 2.89. The fourth-order valence-electron chi connectivity index (χ4n) is 3.15. The van der Waals surface area contributed by atoms with Crippen molar-refractivity contribution in [1.82, 2.24) is 9.88 Å². The van der Waals surface area contributed by atoms with Crippen LogP contribution in [-0.4, -0.2) is 40.1 Å². The summed E-state index contributed by atoms with van der Waals surface area (Å²) in [5.74, 6) is 0.319. The zero-order valence-electron chi connectivity index (χ0n) is 12.0. The molecule has 1 amide bonds. The van der Waals surface area contributed by atoms with Crippen molar-refractivity contribution >= 4 is 32.7 Å². The highest BCUT2D eigenvalue weighted by Gasteiger charge is 2.32. The number of aromatic nitrogens is 1. The molecule has 2 atom stereocenters. The molecule has 0 unspecified atom stereocenters. The van der Waals surface area contributed by atoms with E-state index in [9.17, 15) is 9.90 Å². The molecule has 1 aromatic heterocycles. The standard InChI is InChI=1S/C16H19BrN2O2/c1-10-3-2-6-19(15(10)9-20)16(21)14-7-11-4-5-12(17)8-13(11)18-14/h4-5,7-8,10,15,18,20H,2-3,6,9H2,1H3/t10-,15+/m0/s1. The third-order valence-corrected chi connectivity index (χ3v) is 4.87. The van der Waals surface area contributed by atoms with Crippen LogP contribution in [0, 0.1) is 5.92 Å². The lowest BCUT2D eigenvalue weighted by molar-refractivity contribution is 0.0354. The van der Waals surface area contributed by atoms with Crippen molar-refractivity contribution in [2.45, 2.75) is 25.8 Å². The lowest BCUT2D eigenvalue weighted by Crippen LogP contribution is -2.49. The van der Waals surface area contributed by atoms with Crippen molar-refractivity contribution in [2.75, 3.05) is 13.2 Å². The number of nitrogens with one attached hydrogen (secondary N) is 1. The average molecular weight is 351 g/mol.